The molecule has 0 saturated carbocycles. The molecule has 214 valence electrons. The first-order valence-electron chi connectivity index (χ1n) is 12.5. The predicted molar refractivity (Wildman–Crippen MR) is 176 cm³/mol. The third-order valence-corrected chi connectivity index (χ3v) is 6.82. The van der Waals surface area contributed by atoms with Crippen LogP contribution in [0.2, 0.25) is 0 Å². The van der Waals surface area contributed by atoms with Crippen molar-refractivity contribution in [2.45, 2.75) is 26.4 Å². The van der Waals surface area contributed by atoms with Gasteiger partial charge in [-0.3, -0.25) is 19.5 Å². The summed E-state index contributed by atoms with van der Waals surface area (Å²) < 4.78 is 7.95. The molecule has 0 aliphatic carbocycles. The highest BCUT2D eigenvalue weighted by Crippen LogP contribution is 2.20. The number of anilines is 1. The average Bonchev–Trinajstić information content (AvgIpc) is 2.96. The standard InChI is InChI=1S/C20H19IN4O3.C9H6IN3O/c1-20(2,3)28-19(27)24-14-6-4-7-15(11-14)25-12-13(10-16(21)18(25)26)17-22-8-5-9-23-17;10-7-4-6(5-13-9(7)14)8-11-2-1-3-12-8/h4-12H,1-3H3,(H,24,27);1-5H,(H,13,14). The van der Waals surface area contributed by atoms with E-state index in [1.54, 1.807) is 106 Å². The predicted octanol–water partition coefficient (Wildman–Crippen LogP) is 5.68. The number of pyridine rings is 2. The zero-order chi connectivity index (χ0) is 30.3. The van der Waals surface area contributed by atoms with E-state index >= 15 is 0 Å². The number of rotatable bonds is 4. The SMILES string of the molecule is CC(C)(C)OC(=O)Nc1cccc(-n2cc(-c3ncccn3)cc(I)c2=O)c1.O=c1[nH]cc(-c2ncccn2)cc1I. The van der Waals surface area contributed by atoms with Crippen LogP contribution in [-0.2, 0) is 4.74 Å². The Labute approximate surface area is 268 Å². The Bertz CT molecular complexity index is 1810. The van der Waals surface area contributed by atoms with Crippen LogP contribution in [0.25, 0.3) is 28.5 Å². The van der Waals surface area contributed by atoms with Gasteiger partial charge in [0.25, 0.3) is 11.1 Å². The number of aromatic amines is 1. The van der Waals surface area contributed by atoms with Crippen molar-refractivity contribution in [3.05, 3.63) is 114 Å². The highest BCUT2D eigenvalue weighted by molar-refractivity contribution is 14.1. The van der Waals surface area contributed by atoms with Gasteiger partial charge < -0.3 is 9.72 Å². The third kappa shape index (κ3) is 8.51. The lowest BCUT2D eigenvalue weighted by Crippen LogP contribution is -2.27. The minimum Gasteiger partial charge on any atom is -0.444 e. The molecule has 0 spiro atoms. The second-order valence-electron chi connectivity index (χ2n) is 9.64. The van der Waals surface area contributed by atoms with E-state index in [0.29, 0.717) is 30.2 Å². The molecule has 0 bridgehead atoms. The lowest BCUT2D eigenvalue weighted by atomic mass is 10.2. The minimum absolute atomic E-state index is 0.0923. The first-order chi connectivity index (χ1) is 20.0. The van der Waals surface area contributed by atoms with E-state index in [1.165, 1.54) is 4.57 Å². The molecule has 0 radical (unpaired) electrons. The van der Waals surface area contributed by atoms with E-state index in [-0.39, 0.29) is 11.1 Å². The van der Waals surface area contributed by atoms with Crippen LogP contribution in [0.3, 0.4) is 0 Å². The highest BCUT2D eigenvalue weighted by atomic mass is 127. The molecule has 11 nitrogen and oxygen atoms in total. The molecule has 0 unspecified atom stereocenters. The summed E-state index contributed by atoms with van der Waals surface area (Å²) in [6.07, 6.45) is 9.37. The van der Waals surface area contributed by atoms with Gasteiger partial charge in [-0.05, 0) is 108 Å². The van der Waals surface area contributed by atoms with Crippen molar-refractivity contribution in [2.75, 3.05) is 5.32 Å². The van der Waals surface area contributed by atoms with Gasteiger partial charge >= 0.3 is 6.09 Å². The molecule has 4 heterocycles. The van der Waals surface area contributed by atoms with Gasteiger partial charge in [-0.15, -0.1) is 0 Å². The van der Waals surface area contributed by atoms with E-state index in [2.05, 4.69) is 30.2 Å². The number of hydrogen-bond acceptors (Lipinski definition) is 8. The van der Waals surface area contributed by atoms with E-state index in [9.17, 15) is 14.4 Å². The van der Waals surface area contributed by atoms with Crippen LogP contribution in [0, 0.1) is 7.14 Å². The van der Waals surface area contributed by atoms with Crippen molar-refractivity contribution in [3.8, 4) is 28.5 Å². The lowest BCUT2D eigenvalue weighted by Gasteiger charge is -2.20. The smallest absolute Gasteiger partial charge is 0.412 e. The number of ether oxygens (including phenoxy) is 1. The van der Waals surface area contributed by atoms with Gasteiger partial charge in [0.15, 0.2) is 11.6 Å². The zero-order valence-corrected chi connectivity index (χ0v) is 27.0. The van der Waals surface area contributed by atoms with Gasteiger partial charge in [0.05, 0.1) is 12.8 Å². The number of benzene rings is 1. The maximum Gasteiger partial charge on any atom is 0.412 e. The number of H-pyrrole nitrogens is 1. The molecule has 4 aromatic heterocycles. The number of hydrogen-bond donors (Lipinski definition) is 2. The lowest BCUT2D eigenvalue weighted by molar-refractivity contribution is 0.0636. The van der Waals surface area contributed by atoms with Gasteiger partial charge in [-0.25, -0.2) is 24.7 Å². The molecule has 0 aliphatic heterocycles. The Morgan fingerprint density at radius 2 is 1.45 bits per heavy atom. The van der Waals surface area contributed by atoms with Crippen LogP contribution < -0.4 is 16.4 Å². The minimum atomic E-state index is -0.598. The molecular formula is C29H25I2N7O4. The fraction of sp³-hybridized carbons (Fsp3) is 0.138. The zero-order valence-electron chi connectivity index (χ0n) is 22.7. The third-order valence-electron chi connectivity index (χ3n) is 5.25. The normalized spacial score (nSPS) is 10.8. The number of amides is 1. The summed E-state index contributed by atoms with van der Waals surface area (Å²) in [5, 5.41) is 2.69. The number of halogens is 2. The van der Waals surface area contributed by atoms with Crippen LogP contribution in [0.15, 0.2) is 95.3 Å². The van der Waals surface area contributed by atoms with E-state index in [4.69, 9.17) is 4.74 Å². The van der Waals surface area contributed by atoms with E-state index < -0.39 is 11.7 Å². The molecule has 0 fully saturated rings. The van der Waals surface area contributed by atoms with Gasteiger partial charge in [0, 0.05) is 54.0 Å². The summed E-state index contributed by atoms with van der Waals surface area (Å²) in [4.78, 5) is 55.1. The molecular weight excluding hydrogens is 764 g/mol. The highest BCUT2D eigenvalue weighted by Gasteiger charge is 2.17. The summed E-state index contributed by atoms with van der Waals surface area (Å²) >= 11 is 3.97. The topological polar surface area (TPSA) is 145 Å². The molecule has 1 amide bonds. The number of carbonyl (C=O) groups is 1. The summed E-state index contributed by atoms with van der Waals surface area (Å²) in [5.74, 6) is 1.14. The van der Waals surface area contributed by atoms with Crippen LogP contribution in [-0.4, -0.2) is 41.2 Å². The van der Waals surface area contributed by atoms with Crippen molar-refractivity contribution < 1.29 is 9.53 Å². The van der Waals surface area contributed by atoms with Crippen LogP contribution >= 0.6 is 45.2 Å². The van der Waals surface area contributed by atoms with Crippen molar-refractivity contribution in [1.82, 2.24) is 29.5 Å². The molecule has 42 heavy (non-hydrogen) atoms. The second-order valence-corrected chi connectivity index (χ2v) is 12.0. The fourth-order valence-electron chi connectivity index (χ4n) is 3.50. The maximum atomic E-state index is 12.7. The van der Waals surface area contributed by atoms with Gasteiger partial charge in [-0.1, -0.05) is 6.07 Å². The van der Waals surface area contributed by atoms with Crippen molar-refractivity contribution in [1.29, 1.82) is 0 Å². The monoisotopic (exact) mass is 789 g/mol. The number of aromatic nitrogens is 6. The Morgan fingerprint density at radius 3 is 2.05 bits per heavy atom. The Morgan fingerprint density at radius 1 is 0.857 bits per heavy atom. The Balaban J connectivity index is 0.000000241. The quantitative estimate of drug-likeness (QED) is 0.222. The molecule has 13 heteroatoms. The fourth-order valence-corrected chi connectivity index (χ4v) is 4.59. The van der Waals surface area contributed by atoms with E-state index in [0.717, 1.165) is 11.1 Å². The van der Waals surface area contributed by atoms with Gasteiger partial charge in [0.1, 0.15) is 5.60 Å². The molecule has 5 rings (SSSR count). The number of nitrogens with one attached hydrogen (secondary N) is 2. The van der Waals surface area contributed by atoms with Gasteiger partial charge in [0.2, 0.25) is 0 Å². The van der Waals surface area contributed by atoms with Crippen LogP contribution in [0.1, 0.15) is 20.8 Å². The van der Waals surface area contributed by atoms with Crippen molar-refractivity contribution in [3.63, 3.8) is 0 Å². The summed E-state index contributed by atoms with van der Waals surface area (Å²) in [5.41, 5.74) is 1.80. The van der Waals surface area contributed by atoms with Gasteiger partial charge in [-0.2, -0.15) is 0 Å². The number of nitrogens with zero attached hydrogens (tertiary/aromatic N) is 5. The van der Waals surface area contributed by atoms with E-state index in [1.807, 2.05) is 45.2 Å². The second kappa shape index (κ2) is 13.8. The average molecular weight is 789 g/mol. The first-order valence-corrected chi connectivity index (χ1v) is 14.6. The molecule has 2 N–H and O–H groups in total. The van der Waals surface area contributed by atoms with Crippen LogP contribution in [0.4, 0.5) is 10.5 Å². The summed E-state index contributed by atoms with van der Waals surface area (Å²) in [6, 6.07) is 14.0. The molecule has 5 aromatic rings. The number of carbonyl (C=O) groups excluding carboxylic acids is 1. The maximum absolute atomic E-state index is 12.7. The summed E-state index contributed by atoms with van der Waals surface area (Å²) in [7, 11) is 0. The molecule has 0 saturated heterocycles. The first kappa shape index (κ1) is 31.0. The molecule has 0 aliphatic rings. The molecule has 0 atom stereocenters. The summed E-state index contributed by atoms with van der Waals surface area (Å²) in [6.45, 7) is 5.38. The largest absolute Gasteiger partial charge is 0.444 e. The molecule has 1 aromatic carbocycles. The van der Waals surface area contributed by atoms with Crippen LogP contribution in [0.5, 0.6) is 0 Å². The van der Waals surface area contributed by atoms with Crippen molar-refractivity contribution in [2.24, 2.45) is 0 Å². The Kier molecular flexibility index (Phi) is 10.2. The Hall–Kier alpha value is -3.99. The van der Waals surface area contributed by atoms with Crippen molar-refractivity contribution >= 4 is 57.0 Å².